The van der Waals surface area contributed by atoms with Crippen LogP contribution in [0.25, 0.3) is 11.5 Å². The highest BCUT2D eigenvalue weighted by atomic mass is 16.6. The number of benzene rings is 1. The second kappa shape index (κ2) is 5.89. The van der Waals surface area contributed by atoms with Gasteiger partial charge in [-0.25, -0.2) is 0 Å². The quantitative estimate of drug-likeness (QED) is 0.818. The molecule has 1 N–H and O–H groups in total. The maximum Gasteiger partial charge on any atom is 0.317 e. The molecule has 4 rings (SSSR count). The van der Waals surface area contributed by atoms with Gasteiger partial charge in [0.25, 0.3) is 0 Å². The highest BCUT2D eigenvalue weighted by Gasteiger charge is 2.55. The summed E-state index contributed by atoms with van der Waals surface area (Å²) in [6.45, 7) is 11.0. The van der Waals surface area contributed by atoms with E-state index in [2.05, 4.69) is 41.5 Å². The van der Waals surface area contributed by atoms with Gasteiger partial charge in [-0.15, -0.1) is 10.2 Å². The number of piperidine rings is 1. The molecule has 1 aromatic heterocycles. The fraction of sp³-hybridized carbons (Fsp3) is 0.571. The van der Waals surface area contributed by atoms with Crippen LogP contribution in [-0.2, 0) is 20.4 Å². The third kappa shape index (κ3) is 2.87. The summed E-state index contributed by atoms with van der Waals surface area (Å²) in [5, 5.41) is 11.4. The minimum atomic E-state index is -0.649. The average Bonchev–Trinajstić information content (AvgIpc) is 3.13. The topological polar surface area (TPSA) is 77.2 Å². The SMILES string of the molecule is CC(C)(C)OC(=O)C12CCNC(C1)C(C)(C)c1ccc(-c3nnco3)cc12. The van der Waals surface area contributed by atoms with E-state index in [-0.39, 0.29) is 17.4 Å². The van der Waals surface area contributed by atoms with E-state index in [1.807, 2.05) is 26.8 Å². The van der Waals surface area contributed by atoms with Gasteiger partial charge in [0.15, 0.2) is 0 Å². The lowest BCUT2D eigenvalue weighted by Gasteiger charge is -2.53. The maximum absolute atomic E-state index is 13.4. The van der Waals surface area contributed by atoms with Gasteiger partial charge in [-0.3, -0.25) is 4.79 Å². The molecule has 6 heteroatoms. The molecular formula is C21H27N3O3. The fourth-order valence-corrected chi connectivity index (χ4v) is 4.53. The molecule has 2 unspecified atom stereocenters. The van der Waals surface area contributed by atoms with Crippen molar-refractivity contribution < 1.29 is 13.9 Å². The number of nitrogens with zero attached hydrogens (tertiary/aromatic N) is 2. The first-order chi connectivity index (χ1) is 12.6. The third-order valence-electron chi connectivity index (χ3n) is 5.99. The first-order valence-corrected chi connectivity index (χ1v) is 9.52. The fourth-order valence-electron chi connectivity index (χ4n) is 4.53. The van der Waals surface area contributed by atoms with Crippen molar-refractivity contribution in [3.05, 3.63) is 35.7 Å². The summed E-state index contributed by atoms with van der Waals surface area (Å²) in [4.78, 5) is 13.4. The van der Waals surface area contributed by atoms with Crippen LogP contribution in [0.1, 0.15) is 58.6 Å². The van der Waals surface area contributed by atoms with Gasteiger partial charge in [0.05, 0.1) is 5.41 Å². The molecule has 2 atom stereocenters. The molecule has 0 saturated carbocycles. The van der Waals surface area contributed by atoms with E-state index in [0.717, 1.165) is 30.5 Å². The van der Waals surface area contributed by atoms with E-state index in [9.17, 15) is 4.79 Å². The summed E-state index contributed by atoms with van der Waals surface area (Å²) in [5.74, 6) is 0.326. The zero-order valence-electron chi connectivity index (χ0n) is 16.6. The molecule has 1 aliphatic carbocycles. The lowest BCUT2D eigenvalue weighted by Crippen LogP contribution is -2.61. The molecule has 1 aliphatic heterocycles. The lowest BCUT2D eigenvalue weighted by atomic mass is 9.56. The first-order valence-electron chi connectivity index (χ1n) is 9.52. The second-order valence-corrected chi connectivity index (χ2v) is 9.27. The van der Waals surface area contributed by atoms with Crippen LogP contribution in [-0.4, -0.2) is 34.4 Å². The summed E-state index contributed by atoms with van der Waals surface area (Å²) in [7, 11) is 0. The Morgan fingerprint density at radius 3 is 2.74 bits per heavy atom. The van der Waals surface area contributed by atoms with E-state index in [1.54, 1.807) is 0 Å². The first kappa shape index (κ1) is 18.2. The third-order valence-corrected chi connectivity index (χ3v) is 5.99. The number of ether oxygens (including phenoxy) is 1. The standard InChI is InChI=1S/C21H27N3O3/c1-19(2,3)27-18(25)21-8-9-22-16(11-21)20(4,5)14-7-6-13(10-15(14)21)17-24-23-12-26-17/h6-7,10,12,16,22H,8-9,11H2,1-5H3. The van der Waals surface area contributed by atoms with Crippen LogP contribution in [0, 0.1) is 0 Å². The van der Waals surface area contributed by atoms with Crippen molar-refractivity contribution in [1.82, 2.24) is 15.5 Å². The van der Waals surface area contributed by atoms with E-state index < -0.39 is 11.0 Å². The summed E-state index contributed by atoms with van der Waals surface area (Å²) in [5.41, 5.74) is 1.79. The van der Waals surface area contributed by atoms with Crippen molar-refractivity contribution in [2.45, 2.75) is 69.9 Å². The number of esters is 1. The van der Waals surface area contributed by atoms with Gasteiger partial charge in [0.2, 0.25) is 12.3 Å². The van der Waals surface area contributed by atoms with Crippen LogP contribution in [0.5, 0.6) is 0 Å². The highest BCUT2D eigenvalue weighted by Crippen LogP contribution is 2.51. The number of carbonyl (C=O) groups excluding carboxylic acids is 1. The van der Waals surface area contributed by atoms with E-state index in [4.69, 9.17) is 9.15 Å². The summed E-state index contributed by atoms with van der Waals surface area (Å²) in [6, 6.07) is 6.38. The zero-order chi connectivity index (χ0) is 19.4. The van der Waals surface area contributed by atoms with Crippen molar-refractivity contribution in [3.63, 3.8) is 0 Å². The molecule has 0 amide bonds. The normalized spacial score (nSPS) is 26.3. The molecule has 6 nitrogen and oxygen atoms in total. The number of hydrogen-bond acceptors (Lipinski definition) is 6. The van der Waals surface area contributed by atoms with Gasteiger partial charge in [0.1, 0.15) is 5.60 Å². The van der Waals surface area contributed by atoms with E-state index in [1.165, 1.54) is 12.0 Å². The number of nitrogens with one attached hydrogen (secondary N) is 1. The highest BCUT2D eigenvalue weighted by molar-refractivity contribution is 5.86. The Balaban J connectivity index is 1.90. The Bertz CT molecular complexity index is 867. The number of rotatable bonds is 2. The zero-order valence-corrected chi connectivity index (χ0v) is 16.6. The predicted octanol–water partition coefficient (Wildman–Crippen LogP) is 3.36. The molecule has 2 aliphatic rings. The predicted molar refractivity (Wildman–Crippen MR) is 101 cm³/mol. The van der Waals surface area contributed by atoms with E-state index >= 15 is 0 Å². The summed E-state index contributed by atoms with van der Waals surface area (Å²) < 4.78 is 11.3. The Labute approximate surface area is 159 Å². The monoisotopic (exact) mass is 369 g/mol. The van der Waals surface area contributed by atoms with Gasteiger partial charge in [-0.2, -0.15) is 0 Å². The number of fused-ring (bicyclic) bond motifs is 4. The smallest absolute Gasteiger partial charge is 0.317 e. The molecule has 1 saturated heterocycles. The lowest BCUT2D eigenvalue weighted by molar-refractivity contribution is -0.165. The van der Waals surface area contributed by atoms with Crippen LogP contribution in [0.2, 0.25) is 0 Å². The van der Waals surface area contributed by atoms with Gasteiger partial charge >= 0.3 is 5.97 Å². The molecule has 144 valence electrons. The summed E-state index contributed by atoms with van der Waals surface area (Å²) in [6.07, 6.45) is 2.77. The van der Waals surface area contributed by atoms with Crippen molar-refractivity contribution in [3.8, 4) is 11.5 Å². The molecule has 0 radical (unpaired) electrons. The van der Waals surface area contributed by atoms with Gasteiger partial charge in [-0.1, -0.05) is 19.9 Å². The Hall–Kier alpha value is -2.21. The molecule has 1 aromatic carbocycles. The van der Waals surface area contributed by atoms with Crippen molar-refractivity contribution in [1.29, 1.82) is 0 Å². The summed E-state index contributed by atoms with van der Waals surface area (Å²) >= 11 is 0. The molecule has 2 aromatic rings. The molecule has 27 heavy (non-hydrogen) atoms. The average molecular weight is 369 g/mol. The molecular weight excluding hydrogens is 342 g/mol. The maximum atomic E-state index is 13.4. The van der Waals surface area contributed by atoms with Crippen LogP contribution in [0.15, 0.2) is 29.0 Å². The van der Waals surface area contributed by atoms with Crippen molar-refractivity contribution in [2.24, 2.45) is 0 Å². The van der Waals surface area contributed by atoms with Gasteiger partial charge in [-0.05, 0) is 63.4 Å². The van der Waals surface area contributed by atoms with Gasteiger partial charge in [0, 0.05) is 17.0 Å². The van der Waals surface area contributed by atoms with Crippen LogP contribution < -0.4 is 5.32 Å². The van der Waals surface area contributed by atoms with Crippen LogP contribution in [0.4, 0.5) is 0 Å². The minimum absolute atomic E-state index is 0.0887. The largest absolute Gasteiger partial charge is 0.459 e. The van der Waals surface area contributed by atoms with Crippen molar-refractivity contribution in [2.75, 3.05) is 6.54 Å². The number of carbonyl (C=O) groups is 1. The number of hydrogen-bond donors (Lipinski definition) is 1. The van der Waals surface area contributed by atoms with Crippen LogP contribution >= 0.6 is 0 Å². The molecule has 2 heterocycles. The Morgan fingerprint density at radius 1 is 1.30 bits per heavy atom. The number of aromatic nitrogens is 2. The van der Waals surface area contributed by atoms with Crippen molar-refractivity contribution >= 4 is 5.97 Å². The molecule has 2 bridgehead atoms. The second-order valence-electron chi connectivity index (χ2n) is 9.27. The Kier molecular flexibility index (Phi) is 3.97. The minimum Gasteiger partial charge on any atom is -0.459 e. The van der Waals surface area contributed by atoms with Gasteiger partial charge < -0.3 is 14.5 Å². The van der Waals surface area contributed by atoms with E-state index in [0.29, 0.717) is 5.89 Å². The molecule has 0 spiro atoms. The molecule has 1 fully saturated rings. The van der Waals surface area contributed by atoms with Crippen LogP contribution in [0.3, 0.4) is 0 Å². The Morgan fingerprint density at radius 2 is 2.07 bits per heavy atom.